The van der Waals surface area contributed by atoms with Gasteiger partial charge in [-0.25, -0.2) is 4.79 Å². The van der Waals surface area contributed by atoms with E-state index >= 15 is 0 Å². The quantitative estimate of drug-likeness (QED) is 0.529. The summed E-state index contributed by atoms with van der Waals surface area (Å²) in [5.41, 5.74) is 0. The maximum atomic E-state index is 10.8. The van der Waals surface area contributed by atoms with E-state index < -0.39 is 0 Å². The van der Waals surface area contributed by atoms with Crippen LogP contribution < -0.4 is 5.32 Å². The number of nitrogens with zero attached hydrogens (tertiary/aromatic N) is 1. The lowest BCUT2D eigenvalue weighted by molar-refractivity contribution is -0.134. The molecule has 1 atom stereocenters. The molecule has 0 bridgehead atoms. The average molecular weight is 228 g/mol. The first-order valence-corrected chi connectivity index (χ1v) is 5.58. The molecular weight excluding hydrogens is 208 g/mol. The van der Waals surface area contributed by atoms with E-state index in [1.165, 1.54) is 13.2 Å². The number of morpholine rings is 1. The Morgan fingerprint density at radius 2 is 2.50 bits per heavy atom. The predicted molar refractivity (Wildman–Crippen MR) is 61.0 cm³/mol. The third kappa shape index (κ3) is 4.63. The average Bonchev–Trinajstić information content (AvgIpc) is 2.34. The molecule has 16 heavy (non-hydrogen) atoms. The summed E-state index contributed by atoms with van der Waals surface area (Å²) in [4.78, 5) is 13.1. The van der Waals surface area contributed by atoms with Gasteiger partial charge in [0.15, 0.2) is 0 Å². The van der Waals surface area contributed by atoms with Crippen molar-refractivity contribution in [2.45, 2.75) is 13.0 Å². The van der Waals surface area contributed by atoms with Gasteiger partial charge in [0, 0.05) is 31.9 Å². The number of methoxy groups -OCH3 is 1. The van der Waals surface area contributed by atoms with Gasteiger partial charge in [0.25, 0.3) is 0 Å². The smallest absolute Gasteiger partial charge is 0.331 e. The summed E-state index contributed by atoms with van der Waals surface area (Å²) in [6.45, 7) is 6.64. The fourth-order valence-corrected chi connectivity index (χ4v) is 1.59. The lowest BCUT2D eigenvalue weighted by atomic mass is 10.2. The molecule has 1 saturated heterocycles. The van der Waals surface area contributed by atoms with Crippen LogP contribution in [0, 0.1) is 0 Å². The molecule has 0 aliphatic carbocycles. The summed E-state index contributed by atoms with van der Waals surface area (Å²) in [6.07, 6.45) is 3.15. The number of carbonyl (C=O) groups excluding carboxylic acids is 1. The van der Waals surface area contributed by atoms with E-state index in [2.05, 4.69) is 21.9 Å². The molecule has 0 aromatic carbocycles. The van der Waals surface area contributed by atoms with Crippen molar-refractivity contribution in [2.75, 3.05) is 39.9 Å². The summed E-state index contributed by atoms with van der Waals surface area (Å²) < 4.78 is 10.1. The number of likely N-dealkylation sites (N-methyl/N-ethyl adjacent to an activating group) is 1. The van der Waals surface area contributed by atoms with Crippen LogP contribution in [0.4, 0.5) is 0 Å². The van der Waals surface area contributed by atoms with Crippen LogP contribution in [0.3, 0.4) is 0 Å². The molecule has 1 rings (SSSR count). The first kappa shape index (κ1) is 13.0. The molecule has 1 N–H and O–H groups in total. The highest BCUT2D eigenvalue weighted by molar-refractivity contribution is 5.81. The van der Waals surface area contributed by atoms with Crippen molar-refractivity contribution in [3.05, 3.63) is 12.3 Å². The molecule has 92 valence electrons. The van der Waals surface area contributed by atoms with Crippen LogP contribution in [0.15, 0.2) is 12.3 Å². The van der Waals surface area contributed by atoms with E-state index in [1.807, 2.05) is 0 Å². The largest absolute Gasteiger partial charge is 0.466 e. The number of esters is 1. The molecule has 0 amide bonds. The zero-order chi connectivity index (χ0) is 11.8. The maximum absolute atomic E-state index is 10.8. The number of carbonyl (C=O) groups is 1. The molecule has 0 aromatic heterocycles. The lowest BCUT2D eigenvalue weighted by Gasteiger charge is -2.31. The first-order valence-electron chi connectivity index (χ1n) is 5.58. The van der Waals surface area contributed by atoms with Gasteiger partial charge >= 0.3 is 5.97 Å². The molecular formula is C11H20N2O3. The van der Waals surface area contributed by atoms with Crippen LogP contribution in [-0.4, -0.2) is 56.9 Å². The topological polar surface area (TPSA) is 50.8 Å². The van der Waals surface area contributed by atoms with Gasteiger partial charge in [0.05, 0.1) is 19.8 Å². The molecule has 1 heterocycles. The second-order valence-corrected chi connectivity index (χ2v) is 3.65. The Kier molecular flexibility index (Phi) is 5.88. The molecule has 1 fully saturated rings. The number of rotatable bonds is 5. The molecule has 1 unspecified atom stereocenters. The van der Waals surface area contributed by atoms with E-state index in [0.29, 0.717) is 6.54 Å². The molecule has 5 nitrogen and oxygen atoms in total. The number of hydrogen-bond acceptors (Lipinski definition) is 5. The van der Waals surface area contributed by atoms with Crippen molar-refractivity contribution in [3.8, 4) is 0 Å². The summed E-state index contributed by atoms with van der Waals surface area (Å²) in [6, 6.07) is 0. The molecule has 1 aliphatic heterocycles. The summed E-state index contributed by atoms with van der Waals surface area (Å²) in [7, 11) is 1.36. The van der Waals surface area contributed by atoms with Crippen LogP contribution in [0.1, 0.15) is 6.92 Å². The van der Waals surface area contributed by atoms with Crippen molar-refractivity contribution >= 4 is 5.97 Å². The van der Waals surface area contributed by atoms with Gasteiger partial charge in [-0.3, -0.25) is 4.90 Å². The van der Waals surface area contributed by atoms with E-state index in [4.69, 9.17) is 4.74 Å². The molecule has 5 heteroatoms. The zero-order valence-electron chi connectivity index (χ0n) is 9.94. The number of hydrogen-bond donors (Lipinski definition) is 1. The second kappa shape index (κ2) is 7.24. The van der Waals surface area contributed by atoms with Gasteiger partial charge in [-0.05, 0) is 6.54 Å². The summed E-state index contributed by atoms with van der Waals surface area (Å²) >= 11 is 0. The highest BCUT2D eigenvalue weighted by Crippen LogP contribution is 2.03. The predicted octanol–water partition coefficient (Wildman–Crippen LogP) is -0.0166. The molecule has 0 spiro atoms. The van der Waals surface area contributed by atoms with Crippen molar-refractivity contribution in [3.63, 3.8) is 0 Å². The Hall–Kier alpha value is -1.07. The third-order valence-corrected chi connectivity index (χ3v) is 2.55. The normalized spacial score (nSPS) is 22.2. The Bertz CT molecular complexity index is 243. The van der Waals surface area contributed by atoms with Gasteiger partial charge in [-0.1, -0.05) is 6.92 Å². The van der Waals surface area contributed by atoms with Crippen LogP contribution in [0.25, 0.3) is 0 Å². The Morgan fingerprint density at radius 1 is 1.69 bits per heavy atom. The minimum Gasteiger partial charge on any atom is -0.466 e. The second-order valence-electron chi connectivity index (χ2n) is 3.65. The summed E-state index contributed by atoms with van der Waals surface area (Å²) in [5, 5.41) is 3.03. The van der Waals surface area contributed by atoms with Gasteiger partial charge < -0.3 is 14.8 Å². The zero-order valence-corrected chi connectivity index (χ0v) is 9.94. The molecule has 0 saturated carbocycles. The summed E-state index contributed by atoms with van der Waals surface area (Å²) in [5.74, 6) is -0.354. The standard InChI is InChI=1S/C11H20N2O3/c1-3-13-6-7-16-10(9-13)8-12-5-4-11(14)15-2/h4-5,10,12H,3,6-9H2,1-2H3/b5-4+. The van der Waals surface area contributed by atoms with Crippen molar-refractivity contribution < 1.29 is 14.3 Å². The highest BCUT2D eigenvalue weighted by atomic mass is 16.5. The highest BCUT2D eigenvalue weighted by Gasteiger charge is 2.18. The lowest BCUT2D eigenvalue weighted by Crippen LogP contribution is -2.45. The maximum Gasteiger partial charge on any atom is 0.331 e. The Morgan fingerprint density at radius 3 is 3.19 bits per heavy atom. The van der Waals surface area contributed by atoms with Crippen LogP contribution in [0.2, 0.25) is 0 Å². The Balaban J connectivity index is 2.17. The minimum absolute atomic E-state index is 0.191. The van der Waals surface area contributed by atoms with Gasteiger partial charge in [-0.2, -0.15) is 0 Å². The van der Waals surface area contributed by atoms with E-state index in [1.54, 1.807) is 6.20 Å². The van der Waals surface area contributed by atoms with Crippen LogP contribution in [0.5, 0.6) is 0 Å². The van der Waals surface area contributed by atoms with Crippen LogP contribution >= 0.6 is 0 Å². The monoisotopic (exact) mass is 228 g/mol. The van der Waals surface area contributed by atoms with E-state index in [0.717, 1.165) is 26.2 Å². The number of ether oxygens (including phenoxy) is 2. The van der Waals surface area contributed by atoms with Crippen molar-refractivity contribution in [1.29, 1.82) is 0 Å². The van der Waals surface area contributed by atoms with Crippen molar-refractivity contribution in [1.82, 2.24) is 10.2 Å². The molecule has 0 radical (unpaired) electrons. The fourth-order valence-electron chi connectivity index (χ4n) is 1.59. The first-order chi connectivity index (χ1) is 7.76. The SMILES string of the molecule is CCN1CCOC(CN/C=C/C(=O)OC)C1. The van der Waals surface area contributed by atoms with Gasteiger partial charge in [0.1, 0.15) is 0 Å². The third-order valence-electron chi connectivity index (χ3n) is 2.55. The van der Waals surface area contributed by atoms with E-state index in [-0.39, 0.29) is 12.1 Å². The fraction of sp³-hybridized carbons (Fsp3) is 0.727. The van der Waals surface area contributed by atoms with Crippen LogP contribution in [-0.2, 0) is 14.3 Å². The van der Waals surface area contributed by atoms with Crippen molar-refractivity contribution in [2.24, 2.45) is 0 Å². The molecule has 0 aromatic rings. The van der Waals surface area contributed by atoms with E-state index in [9.17, 15) is 4.79 Å². The van der Waals surface area contributed by atoms with Gasteiger partial charge in [0.2, 0.25) is 0 Å². The van der Waals surface area contributed by atoms with Gasteiger partial charge in [-0.15, -0.1) is 0 Å². The minimum atomic E-state index is -0.354. The Labute approximate surface area is 96.4 Å². The molecule has 1 aliphatic rings. The number of nitrogens with one attached hydrogen (secondary N) is 1.